The molecule has 1 aromatic heterocycles. The van der Waals surface area contributed by atoms with Crippen LogP contribution in [0, 0.1) is 5.82 Å². The molecule has 1 heterocycles. The Balaban J connectivity index is 2.95. The molecule has 12 heavy (non-hydrogen) atoms. The highest BCUT2D eigenvalue weighted by atomic mass is 35.5. The third kappa shape index (κ3) is 1.04. The Kier molecular flexibility index (Phi) is 1.70. The molecule has 0 radical (unpaired) electrons. The molecule has 3 heteroatoms. The zero-order chi connectivity index (χ0) is 8.55. The van der Waals surface area contributed by atoms with E-state index < -0.39 is 0 Å². The van der Waals surface area contributed by atoms with E-state index in [4.69, 9.17) is 11.6 Å². The minimum atomic E-state index is -0.289. The first-order valence-corrected chi connectivity index (χ1v) is 3.84. The number of benzene rings is 1. The molecule has 0 aliphatic heterocycles. The molecule has 0 bridgehead atoms. The Labute approximate surface area is 73.8 Å². The van der Waals surface area contributed by atoms with Gasteiger partial charge < -0.3 is 0 Å². The van der Waals surface area contributed by atoms with E-state index in [0.717, 1.165) is 0 Å². The van der Waals surface area contributed by atoms with E-state index in [9.17, 15) is 4.39 Å². The van der Waals surface area contributed by atoms with E-state index in [1.165, 1.54) is 12.3 Å². The van der Waals surface area contributed by atoms with Gasteiger partial charge in [-0.2, -0.15) is 0 Å². The van der Waals surface area contributed by atoms with Crippen molar-refractivity contribution in [3.8, 4) is 0 Å². The summed E-state index contributed by atoms with van der Waals surface area (Å²) in [6.07, 6.45) is 3.06. The van der Waals surface area contributed by atoms with Crippen molar-refractivity contribution in [1.82, 2.24) is 4.98 Å². The van der Waals surface area contributed by atoms with E-state index in [-0.39, 0.29) is 5.82 Å². The molecule has 0 amide bonds. The van der Waals surface area contributed by atoms with Gasteiger partial charge in [0.25, 0.3) is 0 Å². The lowest BCUT2D eigenvalue weighted by Gasteiger charge is -1.99. The van der Waals surface area contributed by atoms with Gasteiger partial charge in [-0.15, -0.1) is 0 Å². The van der Waals surface area contributed by atoms with Crippen molar-refractivity contribution in [2.45, 2.75) is 0 Å². The molecule has 0 aliphatic carbocycles. The standard InChI is InChI=1S/C9H5ClFN/c10-8-1-2-9(11)7-5-12-4-3-6(7)8/h1-5H. The lowest BCUT2D eigenvalue weighted by molar-refractivity contribution is 0.639. The summed E-state index contributed by atoms with van der Waals surface area (Å²) in [5.74, 6) is -0.289. The molecule has 0 spiro atoms. The summed E-state index contributed by atoms with van der Waals surface area (Å²) < 4.78 is 13.1. The third-order valence-electron chi connectivity index (χ3n) is 1.71. The molecule has 1 aromatic carbocycles. The number of hydrogen-bond donors (Lipinski definition) is 0. The van der Waals surface area contributed by atoms with Gasteiger partial charge in [0.1, 0.15) is 5.82 Å². The molecule has 0 unspecified atom stereocenters. The number of nitrogens with zero attached hydrogens (tertiary/aromatic N) is 1. The average molecular weight is 182 g/mol. The van der Waals surface area contributed by atoms with E-state index in [0.29, 0.717) is 15.8 Å². The molecule has 2 aromatic rings. The fraction of sp³-hybridized carbons (Fsp3) is 0. The zero-order valence-corrected chi connectivity index (χ0v) is 6.85. The average Bonchev–Trinajstić information content (AvgIpc) is 2.12. The molecule has 2 rings (SSSR count). The molecule has 0 aliphatic rings. The molecule has 1 nitrogen and oxygen atoms in total. The smallest absolute Gasteiger partial charge is 0.132 e. The van der Waals surface area contributed by atoms with Crippen LogP contribution in [0.2, 0.25) is 5.02 Å². The van der Waals surface area contributed by atoms with Gasteiger partial charge in [-0.25, -0.2) is 4.39 Å². The molecule has 0 N–H and O–H groups in total. The molecule has 0 saturated carbocycles. The van der Waals surface area contributed by atoms with E-state index in [1.807, 2.05) is 0 Å². The van der Waals surface area contributed by atoms with Crippen molar-refractivity contribution in [3.05, 3.63) is 41.4 Å². The summed E-state index contributed by atoms with van der Waals surface area (Å²) >= 11 is 5.83. The Morgan fingerprint density at radius 1 is 1.17 bits per heavy atom. The summed E-state index contributed by atoms with van der Waals surface area (Å²) in [5, 5.41) is 1.71. The summed E-state index contributed by atoms with van der Waals surface area (Å²) in [4.78, 5) is 3.82. The Morgan fingerprint density at radius 3 is 2.75 bits per heavy atom. The maximum Gasteiger partial charge on any atom is 0.132 e. The molecular weight excluding hydrogens is 177 g/mol. The monoisotopic (exact) mass is 181 g/mol. The summed E-state index contributed by atoms with van der Waals surface area (Å²) in [6, 6.07) is 4.58. The highest BCUT2D eigenvalue weighted by Gasteiger charge is 2.02. The first kappa shape index (κ1) is 7.50. The minimum absolute atomic E-state index is 0.289. The van der Waals surface area contributed by atoms with Crippen molar-refractivity contribution in [3.63, 3.8) is 0 Å². The highest BCUT2D eigenvalue weighted by Crippen LogP contribution is 2.24. The van der Waals surface area contributed by atoms with Crippen molar-refractivity contribution in [2.75, 3.05) is 0 Å². The second kappa shape index (κ2) is 2.72. The number of fused-ring (bicyclic) bond motifs is 1. The summed E-state index contributed by atoms with van der Waals surface area (Å²) in [7, 11) is 0. The van der Waals surface area contributed by atoms with Crippen molar-refractivity contribution < 1.29 is 4.39 Å². The quantitative estimate of drug-likeness (QED) is 0.609. The van der Waals surface area contributed by atoms with Crippen LogP contribution in [0.5, 0.6) is 0 Å². The lowest BCUT2D eigenvalue weighted by atomic mass is 10.2. The van der Waals surface area contributed by atoms with Crippen LogP contribution in [0.4, 0.5) is 4.39 Å². The fourth-order valence-electron chi connectivity index (χ4n) is 1.12. The minimum Gasteiger partial charge on any atom is -0.264 e. The summed E-state index contributed by atoms with van der Waals surface area (Å²) in [5.41, 5.74) is 0. The maximum absolute atomic E-state index is 13.1. The molecular formula is C9H5ClFN. The topological polar surface area (TPSA) is 12.9 Å². The van der Waals surface area contributed by atoms with Crippen LogP contribution < -0.4 is 0 Å². The van der Waals surface area contributed by atoms with Crippen LogP contribution in [-0.2, 0) is 0 Å². The second-order valence-corrected chi connectivity index (χ2v) is 2.86. The molecule has 0 saturated heterocycles. The van der Waals surface area contributed by atoms with Crippen LogP contribution in [0.3, 0.4) is 0 Å². The van der Waals surface area contributed by atoms with Crippen LogP contribution in [-0.4, -0.2) is 4.98 Å². The Hall–Kier alpha value is -1.15. The van der Waals surface area contributed by atoms with Crippen molar-refractivity contribution >= 4 is 22.4 Å². The van der Waals surface area contributed by atoms with Crippen LogP contribution in [0.25, 0.3) is 10.8 Å². The van der Waals surface area contributed by atoms with Gasteiger partial charge in [-0.3, -0.25) is 4.98 Å². The number of pyridine rings is 1. The number of aromatic nitrogens is 1. The lowest BCUT2D eigenvalue weighted by Crippen LogP contribution is -1.81. The third-order valence-corrected chi connectivity index (χ3v) is 2.04. The normalized spacial score (nSPS) is 10.5. The largest absolute Gasteiger partial charge is 0.264 e. The van der Waals surface area contributed by atoms with Gasteiger partial charge in [-0.1, -0.05) is 11.6 Å². The first-order chi connectivity index (χ1) is 5.79. The second-order valence-electron chi connectivity index (χ2n) is 2.45. The van der Waals surface area contributed by atoms with Gasteiger partial charge in [-0.05, 0) is 18.2 Å². The first-order valence-electron chi connectivity index (χ1n) is 3.47. The summed E-state index contributed by atoms with van der Waals surface area (Å²) in [6.45, 7) is 0. The fourth-order valence-corrected chi connectivity index (χ4v) is 1.35. The van der Waals surface area contributed by atoms with Gasteiger partial charge in [0.15, 0.2) is 0 Å². The van der Waals surface area contributed by atoms with Gasteiger partial charge >= 0.3 is 0 Å². The van der Waals surface area contributed by atoms with Crippen LogP contribution >= 0.6 is 11.6 Å². The van der Waals surface area contributed by atoms with E-state index in [2.05, 4.69) is 4.98 Å². The van der Waals surface area contributed by atoms with E-state index in [1.54, 1.807) is 18.3 Å². The number of rotatable bonds is 0. The van der Waals surface area contributed by atoms with E-state index >= 15 is 0 Å². The number of hydrogen-bond acceptors (Lipinski definition) is 1. The highest BCUT2D eigenvalue weighted by molar-refractivity contribution is 6.35. The van der Waals surface area contributed by atoms with Gasteiger partial charge in [0, 0.05) is 28.2 Å². The van der Waals surface area contributed by atoms with Gasteiger partial charge in [0.05, 0.1) is 0 Å². The maximum atomic E-state index is 13.1. The molecule has 0 fully saturated rings. The van der Waals surface area contributed by atoms with Gasteiger partial charge in [0.2, 0.25) is 0 Å². The predicted octanol–water partition coefficient (Wildman–Crippen LogP) is 3.03. The zero-order valence-electron chi connectivity index (χ0n) is 6.09. The Bertz CT molecular complexity index is 387. The van der Waals surface area contributed by atoms with Crippen molar-refractivity contribution in [2.24, 2.45) is 0 Å². The number of halogens is 2. The van der Waals surface area contributed by atoms with Crippen molar-refractivity contribution in [1.29, 1.82) is 0 Å². The molecule has 0 atom stereocenters. The molecule has 60 valence electrons. The van der Waals surface area contributed by atoms with Crippen LogP contribution in [0.1, 0.15) is 0 Å². The predicted molar refractivity (Wildman–Crippen MR) is 46.7 cm³/mol. The Morgan fingerprint density at radius 2 is 2.00 bits per heavy atom. The van der Waals surface area contributed by atoms with Crippen LogP contribution in [0.15, 0.2) is 30.6 Å². The SMILES string of the molecule is Fc1ccc(Cl)c2ccncc12.